The molecule has 126 valence electrons. The Hall–Kier alpha value is -0.600. The molecular formula is C20H27ClO2. The van der Waals surface area contributed by atoms with Crippen LogP contribution in [0.25, 0.3) is 0 Å². The van der Waals surface area contributed by atoms with Gasteiger partial charge in [-0.25, -0.2) is 0 Å². The number of carbonyl (C=O) groups is 1. The molecule has 0 aromatic rings. The fraction of sp³-hybridized carbons (Fsp3) is 0.750. The first-order valence-electron chi connectivity index (χ1n) is 9.06. The number of hydrogen-bond donors (Lipinski definition) is 1. The highest BCUT2D eigenvalue weighted by Gasteiger charge is 2.62. The number of allylic oxidation sites excluding steroid dienone is 4. The van der Waals surface area contributed by atoms with Crippen molar-refractivity contribution < 1.29 is 9.90 Å². The second kappa shape index (κ2) is 4.73. The van der Waals surface area contributed by atoms with E-state index < -0.39 is 5.60 Å². The van der Waals surface area contributed by atoms with Gasteiger partial charge in [0.15, 0.2) is 5.78 Å². The average molecular weight is 335 g/mol. The number of halogens is 1. The summed E-state index contributed by atoms with van der Waals surface area (Å²) >= 11 is 6.38. The first kappa shape index (κ1) is 15.9. The van der Waals surface area contributed by atoms with Crippen LogP contribution in [0.5, 0.6) is 0 Å². The summed E-state index contributed by atoms with van der Waals surface area (Å²) in [5, 5.41) is 11.4. The van der Waals surface area contributed by atoms with Crippen molar-refractivity contribution in [3.05, 3.63) is 22.8 Å². The topological polar surface area (TPSA) is 37.3 Å². The van der Waals surface area contributed by atoms with Crippen LogP contribution >= 0.6 is 11.6 Å². The number of carbonyl (C=O) groups excluding carboxylic acids is 1. The second-order valence-corrected chi connectivity index (χ2v) is 9.33. The van der Waals surface area contributed by atoms with E-state index in [-0.39, 0.29) is 16.6 Å². The summed E-state index contributed by atoms with van der Waals surface area (Å²) in [4.78, 5) is 12.0. The molecule has 4 aliphatic rings. The van der Waals surface area contributed by atoms with E-state index in [0.717, 1.165) is 38.5 Å². The first-order valence-corrected chi connectivity index (χ1v) is 9.43. The van der Waals surface area contributed by atoms with Gasteiger partial charge in [-0.15, -0.1) is 0 Å². The Morgan fingerprint density at radius 3 is 2.57 bits per heavy atom. The fourth-order valence-corrected chi connectivity index (χ4v) is 6.88. The van der Waals surface area contributed by atoms with Gasteiger partial charge in [0.2, 0.25) is 0 Å². The predicted octanol–water partition coefficient (Wildman–Crippen LogP) is 4.61. The molecule has 0 bridgehead atoms. The predicted molar refractivity (Wildman–Crippen MR) is 92.0 cm³/mol. The maximum absolute atomic E-state index is 12.0. The molecule has 0 amide bonds. The quantitative estimate of drug-likeness (QED) is 0.702. The largest absolute Gasteiger partial charge is 0.390 e. The molecule has 0 aromatic heterocycles. The summed E-state index contributed by atoms with van der Waals surface area (Å²) < 4.78 is 0. The van der Waals surface area contributed by atoms with Crippen LogP contribution in [0.4, 0.5) is 0 Å². The molecule has 23 heavy (non-hydrogen) atoms. The van der Waals surface area contributed by atoms with Crippen molar-refractivity contribution in [3.8, 4) is 0 Å². The van der Waals surface area contributed by atoms with E-state index >= 15 is 0 Å². The van der Waals surface area contributed by atoms with Crippen LogP contribution in [0, 0.1) is 28.6 Å². The lowest BCUT2D eigenvalue weighted by atomic mass is 9.47. The fourth-order valence-electron chi connectivity index (χ4n) is 6.52. The van der Waals surface area contributed by atoms with E-state index in [2.05, 4.69) is 19.9 Å². The van der Waals surface area contributed by atoms with Gasteiger partial charge in [0.1, 0.15) is 0 Å². The smallest absolute Gasteiger partial charge is 0.196 e. The van der Waals surface area contributed by atoms with E-state index in [1.54, 1.807) is 6.08 Å². The highest BCUT2D eigenvalue weighted by molar-refractivity contribution is 6.45. The molecule has 4 aliphatic carbocycles. The molecule has 3 saturated carbocycles. The van der Waals surface area contributed by atoms with Gasteiger partial charge in [-0.3, -0.25) is 4.79 Å². The van der Waals surface area contributed by atoms with Crippen molar-refractivity contribution in [1.29, 1.82) is 0 Å². The normalized spacial score (nSPS) is 52.2. The van der Waals surface area contributed by atoms with Crippen LogP contribution < -0.4 is 0 Å². The van der Waals surface area contributed by atoms with Crippen molar-refractivity contribution >= 4 is 17.4 Å². The van der Waals surface area contributed by atoms with Gasteiger partial charge in [-0.2, -0.15) is 0 Å². The lowest BCUT2D eigenvalue weighted by Crippen LogP contribution is -2.53. The SMILES string of the molecule is C[C@]12C=CC(=O)C(Cl)=C1CC[C@H]1[C@H]3CC[C@](C)(O)[C@@]3(C)CC[C@@H]12. The molecule has 0 radical (unpaired) electrons. The summed E-state index contributed by atoms with van der Waals surface area (Å²) in [5.41, 5.74) is 0.615. The maximum atomic E-state index is 12.0. The van der Waals surface area contributed by atoms with E-state index in [1.807, 2.05) is 6.92 Å². The Morgan fingerprint density at radius 1 is 1.13 bits per heavy atom. The second-order valence-electron chi connectivity index (χ2n) is 8.96. The van der Waals surface area contributed by atoms with Crippen LogP contribution in [-0.4, -0.2) is 16.5 Å². The zero-order valence-corrected chi connectivity index (χ0v) is 15.1. The summed E-state index contributed by atoms with van der Waals surface area (Å²) in [5.74, 6) is 1.76. The van der Waals surface area contributed by atoms with Crippen molar-refractivity contribution in [2.75, 3.05) is 0 Å². The van der Waals surface area contributed by atoms with E-state index in [4.69, 9.17) is 11.6 Å². The number of hydrogen-bond acceptors (Lipinski definition) is 2. The van der Waals surface area contributed by atoms with Crippen molar-refractivity contribution in [2.45, 2.75) is 64.9 Å². The van der Waals surface area contributed by atoms with Gasteiger partial charge in [0, 0.05) is 5.41 Å². The molecule has 0 unspecified atom stereocenters. The van der Waals surface area contributed by atoms with Gasteiger partial charge in [-0.1, -0.05) is 31.5 Å². The van der Waals surface area contributed by atoms with Crippen LogP contribution in [0.15, 0.2) is 22.8 Å². The minimum absolute atomic E-state index is 0.0259. The van der Waals surface area contributed by atoms with Crippen LogP contribution in [-0.2, 0) is 4.79 Å². The number of ketones is 1. The zero-order valence-electron chi connectivity index (χ0n) is 14.4. The molecule has 0 aliphatic heterocycles. The Bertz CT molecular complexity index is 632. The lowest BCUT2D eigenvalue weighted by Gasteiger charge is -2.58. The molecule has 6 atom stereocenters. The molecule has 0 saturated heterocycles. The molecule has 0 aromatic carbocycles. The standard InChI is InChI=1S/C20H27ClO2/c1-18-9-8-16(22)17(21)15(18)5-4-12-13(18)6-10-19(2)14(12)7-11-20(19,3)23/h8-9,12-14,23H,4-7,10-11H2,1-3H3/t12-,13+,14-,18-,19+,20+/m1/s1. The summed E-state index contributed by atoms with van der Waals surface area (Å²) in [6.45, 7) is 6.63. The Balaban J connectivity index is 1.74. The first-order chi connectivity index (χ1) is 10.7. The van der Waals surface area contributed by atoms with Gasteiger partial charge < -0.3 is 5.11 Å². The van der Waals surface area contributed by atoms with Crippen LogP contribution in [0.1, 0.15) is 59.3 Å². The summed E-state index contributed by atoms with van der Waals surface area (Å²) in [6, 6.07) is 0. The summed E-state index contributed by atoms with van der Waals surface area (Å²) in [6.07, 6.45) is 10.1. The third-order valence-electron chi connectivity index (χ3n) is 8.21. The molecule has 3 heteroatoms. The minimum Gasteiger partial charge on any atom is -0.390 e. The molecule has 0 heterocycles. The molecule has 3 fully saturated rings. The van der Waals surface area contributed by atoms with E-state index in [0.29, 0.717) is 22.8 Å². The molecule has 2 nitrogen and oxygen atoms in total. The number of aliphatic hydroxyl groups is 1. The Kier molecular flexibility index (Phi) is 3.27. The molecular weight excluding hydrogens is 308 g/mol. The summed E-state index contributed by atoms with van der Waals surface area (Å²) in [7, 11) is 0. The molecule has 1 N–H and O–H groups in total. The highest BCUT2D eigenvalue weighted by Crippen LogP contribution is 2.67. The van der Waals surface area contributed by atoms with E-state index in [1.165, 1.54) is 5.57 Å². The van der Waals surface area contributed by atoms with Gasteiger partial charge in [0.25, 0.3) is 0 Å². The third kappa shape index (κ3) is 1.88. The number of fused-ring (bicyclic) bond motifs is 5. The molecule has 0 spiro atoms. The minimum atomic E-state index is -0.532. The number of rotatable bonds is 0. The maximum Gasteiger partial charge on any atom is 0.196 e. The Labute approximate surface area is 144 Å². The molecule has 4 rings (SSSR count). The van der Waals surface area contributed by atoms with Gasteiger partial charge in [0.05, 0.1) is 10.6 Å². The highest BCUT2D eigenvalue weighted by atomic mass is 35.5. The van der Waals surface area contributed by atoms with Gasteiger partial charge in [-0.05, 0) is 80.3 Å². The van der Waals surface area contributed by atoms with Crippen molar-refractivity contribution in [1.82, 2.24) is 0 Å². The van der Waals surface area contributed by atoms with Crippen LogP contribution in [0.2, 0.25) is 0 Å². The van der Waals surface area contributed by atoms with Crippen molar-refractivity contribution in [3.63, 3.8) is 0 Å². The zero-order chi connectivity index (χ0) is 16.6. The van der Waals surface area contributed by atoms with Crippen molar-refractivity contribution in [2.24, 2.45) is 28.6 Å². The lowest BCUT2D eigenvalue weighted by molar-refractivity contribution is -0.114. The third-order valence-corrected chi connectivity index (χ3v) is 8.62. The van der Waals surface area contributed by atoms with E-state index in [9.17, 15) is 9.90 Å². The monoisotopic (exact) mass is 334 g/mol. The van der Waals surface area contributed by atoms with Crippen LogP contribution in [0.3, 0.4) is 0 Å². The Morgan fingerprint density at radius 2 is 1.83 bits per heavy atom. The average Bonchev–Trinajstić information content (AvgIpc) is 2.74. The van der Waals surface area contributed by atoms with Gasteiger partial charge >= 0.3 is 0 Å².